The highest BCUT2D eigenvalue weighted by atomic mass is 35.5. The summed E-state index contributed by atoms with van der Waals surface area (Å²) in [4.78, 5) is 40.1. The monoisotopic (exact) mass is 505 g/mol. The van der Waals surface area contributed by atoms with Crippen LogP contribution in [0, 0.1) is 0 Å². The highest BCUT2D eigenvalue weighted by molar-refractivity contribution is 6.52. The molecule has 0 radical (unpaired) electrons. The van der Waals surface area contributed by atoms with Gasteiger partial charge in [0.1, 0.15) is 11.5 Å². The maximum atomic E-state index is 13.3. The minimum Gasteiger partial charge on any atom is -0.507 e. The third-order valence-corrected chi connectivity index (χ3v) is 6.14. The molecule has 4 rings (SSSR count). The molecule has 1 unspecified atom stereocenters. The fourth-order valence-electron chi connectivity index (χ4n) is 4.04. The lowest BCUT2D eigenvalue weighted by molar-refractivity contribution is -0.132. The number of ketones is 1. The van der Waals surface area contributed by atoms with Gasteiger partial charge in [-0.1, -0.05) is 48.9 Å². The van der Waals surface area contributed by atoms with Crippen molar-refractivity contribution >= 4 is 40.7 Å². The number of hydrogen-bond donors (Lipinski definition) is 1. The number of aliphatic hydroxyl groups is 1. The number of esters is 1. The average Bonchev–Trinajstić information content (AvgIpc) is 3.17. The van der Waals surface area contributed by atoms with E-state index in [4.69, 9.17) is 21.1 Å². The summed E-state index contributed by atoms with van der Waals surface area (Å²) in [6.45, 7) is 2.20. The number of halogens is 1. The maximum absolute atomic E-state index is 13.3. The van der Waals surface area contributed by atoms with E-state index >= 15 is 0 Å². The van der Waals surface area contributed by atoms with Crippen LogP contribution in [0.1, 0.15) is 40.9 Å². The summed E-state index contributed by atoms with van der Waals surface area (Å²) in [7, 11) is 1.47. The lowest BCUT2D eigenvalue weighted by Gasteiger charge is -2.25. The van der Waals surface area contributed by atoms with Gasteiger partial charge in [0, 0.05) is 11.3 Å². The summed E-state index contributed by atoms with van der Waals surface area (Å²) < 4.78 is 10.4. The number of carbonyl (C=O) groups excluding carboxylic acids is 3. The smallest absolute Gasteiger partial charge is 0.338 e. The second-order valence-electron chi connectivity index (χ2n) is 8.11. The van der Waals surface area contributed by atoms with E-state index in [1.165, 1.54) is 30.2 Å². The van der Waals surface area contributed by atoms with Crippen molar-refractivity contribution in [1.29, 1.82) is 0 Å². The van der Waals surface area contributed by atoms with Crippen LogP contribution in [-0.4, -0.2) is 36.5 Å². The van der Waals surface area contributed by atoms with Gasteiger partial charge in [0.05, 0.1) is 35.9 Å². The highest BCUT2D eigenvalue weighted by Gasteiger charge is 2.47. The van der Waals surface area contributed by atoms with Gasteiger partial charge in [0.15, 0.2) is 0 Å². The molecule has 0 aromatic heterocycles. The van der Waals surface area contributed by atoms with Crippen LogP contribution in [0.25, 0.3) is 5.76 Å². The topological polar surface area (TPSA) is 93.1 Å². The minimum atomic E-state index is -0.925. The van der Waals surface area contributed by atoms with Gasteiger partial charge in [-0.25, -0.2) is 4.79 Å². The number of benzene rings is 3. The van der Waals surface area contributed by atoms with Crippen molar-refractivity contribution in [2.24, 2.45) is 0 Å². The fraction of sp³-hybridized carbons (Fsp3) is 0.179. The normalized spacial score (nSPS) is 16.8. The average molecular weight is 506 g/mol. The first kappa shape index (κ1) is 25.0. The van der Waals surface area contributed by atoms with Gasteiger partial charge in [0.25, 0.3) is 11.7 Å². The van der Waals surface area contributed by atoms with Crippen LogP contribution < -0.4 is 9.64 Å². The number of nitrogens with zero attached hydrogens (tertiary/aromatic N) is 1. The SMILES string of the molecule is CCCOC(=O)c1ccc(N2C(=O)C(=O)/C(=C(/O)c3cc(OC)ccc3Cl)C2c2ccccc2)cc1. The van der Waals surface area contributed by atoms with Crippen molar-refractivity contribution < 1.29 is 29.0 Å². The first-order valence-electron chi connectivity index (χ1n) is 11.3. The first-order chi connectivity index (χ1) is 17.4. The molecule has 0 aliphatic carbocycles. The molecule has 184 valence electrons. The van der Waals surface area contributed by atoms with Crippen molar-refractivity contribution in [2.45, 2.75) is 19.4 Å². The molecule has 1 N–H and O–H groups in total. The summed E-state index contributed by atoms with van der Waals surface area (Å²) in [6, 6.07) is 18.9. The molecule has 1 fully saturated rings. The molecule has 0 bridgehead atoms. The minimum absolute atomic E-state index is 0.104. The van der Waals surface area contributed by atoms with Gasteiger partial charge in [0.2, 0.25) is 0 Å². The van der Waals surface area contributed by atoms with Crippen LogP contribution in [0.2, 0.25) is 5.02 Å². The molecule has 1 saturated heterocycles. The molecule has 1 heterocycles. The Morgan fingerprint density at radius 3 is 2.36 bits per heavy atom. The van der Waals surface area contributed by atoms with Crippen molar-refractivity contribution in [3.8, 4) is 5.75 Å². The van der Waals surface area contributed by atoms with E-state index in [2.05, 4.69) is 0 Å². The second-order valence-corrected chi connectivity index (χ2v) is 8.52. The Hall–Kier alpha value is -4.10. The Kier molecular flexibility index (Phi) is 7.41. The van der Waals surface area contributed by atoms with E-state index in [9.17, 15) is 19.5 Å². The Bertz CT molecular complexity index is 1330. The lowest BCUT2D eigenvalue weighted by atomic mass is 9.95. The predicted octanol–water partition coefficient (Wildman–Crippen LogP) is 5.54. The first-order valence-corrected chi connectivity index (χ1v) is 11.7. The number of rotatable bonds is 7. The van der Waals surface area contributed by atoms with E-state index in [0.717, 1.165) is 0 Å². The van der Waals surface area contributed by atoms with Crippen LogP contribution in [0.5, 0.6) is 5.75 Å². The number of ether oxygens (including phenoxy) is 2. The van der Waals surface area contributed by atoms with E-state index in [1.54, 1.807) is 48.5 Å². The van der Waals surface area contributed by atoms with Gasteiger partial charge in [-0.3, -0.25) is 14.5 Å². The van der Waals surface area contributed by atoms with Gasteiger partial charge in [-0.2, -0.15) is 0 Å². The third kappa shape index (κ3) is 4.70. The molecular weight excluding hydrogens is 482 g/mol. The zero-order valence-electron chi connectivity index (χ0n) is 19.7. The fourth-order valence-corrected chi connectivity index (χ4v) is 4.25. The summed E-state index contributed by atoms with van der Waals surface area (Å²) >= 11 is 6.34. The molecule has 36 heavy (non-hydrogen) atoms. The predicted molar refractivity (Wildman–Crippen MR) is 136 cm³/mol. The molecule has 8 heteroatoms. The number of hydrogen-bond acceptors (Lipinski definition) is 6. The number of Topliss-reactive ketones (excluding diaryl/α,β-unsaturated/α-hetero) is 1. The van der Waals surface area contributed by atoms with Crippen LogP contribution >= 0.6 is 11.6 Å². The molecule has 1 aliphatic heterocycles. The Balaban J connectivity index is 1.84. The van der Waals surface area contributed by atoms with Gasteiger partial charge in [-0.05, 0) is 54.4 Å². The summed E-state index contributed by atoms with van der Waals surface area (Å²) in [5.74, 6) is -2.12. The van der Waals surface area contributed by atoms with Crippen molar-refractivity contribution in [3.63, 3.8) is 0 Å². The summed E-state index contributed by atoms with van der Waals surface area (Å²) in [6.07, 6.45) is 0.697. The molecule has 3 aromatic rings. The van der Waals surface area contributed by atoms with Crippen LogP contribution in [0.3, 0.4) is 0 Å². The van der Waals surface area contributed by atoms with Crippen LogP contribution in [-0.2, 0) is 14.3 Å². The van der Waals surface area contributed by atoms with Crippen molar-refractivity contribution in [1.82, 2.24) is 0 Å². The zero-order valence-corrected chi connectivity index (χ0v) is 20.5. The Morgan fingerprint density at radius 1 is 1.03 bits per heavy atom. The van der Waals surface area contributed by atoms with Crippen molar-refractivity contribution in [3.05, 3.63) is 100 Å². The standard InChI is InChI=1S/C28H24ClNO6/c1-3-15-36-28(34)18-9-11-19(12-10-18)30-24(17-7-5-4-6-8-17)23(26(32)27(30)33)25(31)21-16-20(35-2)13-14-22(21)29/h4-14,16,24,31H,3,15H2,1-2H3/b25-23+. The molecule has 0 saturated carbocycles. The quantitative estimate of drug-likeness (QED) is 0.196. The van der Waals surface area contributed by atoms with Gasteiger partial charge in [-0.15, -0.1) is 0 Å². The largest absolute Gasteiger partial charge is 0.507 e. The lowest BCUT2D eigenvalue weighted by Crippen LogP contribution is -2.29. The summed E-state index contributed by atoms with van der Waals surface area (Å²) in [5, 5.41) is 11.5. The molecule has 3 aromatic carbocycles. The van der Waals surface area contributed by atoms with Crippen LogP contribution in [0.4, 0.5) is 5.69 Å². The number of methoxy groups -OCH3 is 1. The Labute approximate surface area is 213 Å². The van der Waals surface area contributed by atoms with Crippen LogP contribution in [0.15, 0.2) is 78.4 Å². The van der Waals surface area contributed by atoms with E-state index in [-0.39, 0.29) is 16.2 Å². The van der Waals surface area contributed by atoms with Gasteiger partial charge < -0.3 is 14.6 Å². The van der Waals surface area contributed by atoms with E-state index in [0.29, 0.717) is 35.6 Å². The number of anilines is 1. The molecule has 1 amide bonds. The number of carbonyl (C=O) groups is 3. The Morgan fingerprint density at radius 2 is 1.72 bits per heavy atom. The summed E-state index contributed by atoms with van der Waals surface area (Å²) in [5.41, 5.74) is 1.39. The zero-order chi connectivity index (χ0) is 25.8. The molecule has 7 nitrogen and oxygen atoms in total. The third-order valence-electron chi connectivity index (χ3n) is 5.81. The molecular formula is C28H24ClNO6. The van der Waals surface area contributed by atoms with Gasteiger partial charge >= 0.3 is 5.97 Å². The second kappa shape index (κ2) is 10.7. The maximum Gasteiger partial charge on any atom is 0.338 e. The van der Waals surface area contributed by atoms with E-state index < -0.39 is 29.5 Å². The van der Waals surface area contributed by atoms with Crippen molar-refractivity contribution in [2.75, 3.05) is 18.6 Å². The molecule has 1 atom stereocenters. The number of amides is 1. The molecule has 1 aliphatic rings. The number of aliphatic hydroxyl groups excluding tert-OH is 1. The highest BCUT2D eigenvalue weighted by Crippen LogP contribution is 2.43. The molecule has 0 spiro atoms. The van der Waals surface area contributed by atoms with E-state index in [1.807, 2.05) is 13.0 Å².